The molecule has 0 radical (unpaired) electrons. The molecule has 0 amide bonds. The lowest BCUT2D eigenvalue weighted by atomic mass is 9.89. The topological polar surface area (TPSA) is 17.8 Å². The van der Waals surface area contributed by atoms with Gasteiger partial charge in [-0.2, -0.15) is 4.39 Å². The SMILES string of the molecule is CC(C)(C)c1cn(C(C)(C)C)nc1F. The summed E-state index contributed by atoms with van der Waals surface area (Å²) in [5, 5.41) is 3.90. The molecule has 1 heterocycles. The summed E-state index contributed by atoms with van der Waals surface area (Å²) in [6.07, 6.45) is 1.80. The van der Waals surface area contributed by atoms with Crippen molar-refractivity contribution in [2.75, 3.05) is 0 Å². The van der Waals surface area contributed by atoms with E-state index in [1.807, 2.05) is 41.5 Å². The molecule has 3 heteroatoms. The molecule has 0 aliphatic carbocycles. The molecule has 14 heavy (non-hydrogen) atoms. The fourth-order valence-electron chi connectivity index (χ4n) is 1.20. The Hall–Kier alpha value is -0.860. The van der Waals surface area contributed by atoms with E-state index in [9.17, 15) is 4.39 Å². The fourth-order valence-corrected chi connectivity index (χ4v) is 1.20. The number of hydrogen-bond donors (Lipinski definition) is 0. The second-order valence-electron chi connectivity index (χ2n) is 5.70. The van der Waals surface area contributed by atoms with Gasteiger partial charge in [-0.3, -0.25) is 4.68 Å². The zero-order valence-corrected chi connectivity index (χ0v) is 9.85. The highest BCUT2D eigenvalue weighted by Crippen LogP contribution is 2.26. The summed E-state index contributed by atoms with van der Waals surface area (Å²) in [5.41, 5.74) is 0.324. The molecule has 2 nitrogen and oxygen atoms in total. The zero-order chi connectivity index (χ0) is 11.1. The molecule has 0 fully saturated rings. The lowest BCUT2D eigenvalue weighted by Crippen LogP contribution is -2.22. The first-order valence-corrected chi connectivity index (χ1v) is 4.88. The second kappa shape index (κ2) is 3.07. The van der Waals surface area contributed by atoms with Crippen LogP contribution in [-0.2, 0) is 11.0 Å². The van der Waals surface area contributed by atoms with Crippen LogP contribution >= 0.6 is 0 Å². The Bertz CT molecular complexity index is 326. The highest BCUT2D eigenvalue weighted by molar-refractivity contribution is 5.17. The normalized spacial score (nSPS) is 13.4. The third kappa shape index (κ3) is 2.14. The van der Waals surface area contributed by atoms with E-state index >= 15 is 0 Å². The fraction of sp³-hybridized carbons (Fsp3) is 0.727. The standard InChI is InChI=1S/C11H19FN2/c1-10(2,3)8-7-14(11(4,5)6)13-9(8)12/h7H,1-6H3. The quantitative estimate of drug-likeness (QED) is 0.626. The van der Waals surface area contributed by atoms with Gasteiger partial charge in [0.1, 0.15) is 0 Å². The highest BCUT2D eigenvalue weighted by Gasteiger charge is 2.25. The van der Waals surface area contributed by atoms with Crippen molar-refractivity contribution in [2.45, 2.75) is 52.5 Å². The summed E-state index contributed by atoms with van der Waals surface area (Å²) in [7, 11) is 0. The average molecular weight is 198 g/mol. The maximum absolute atomic E-state index is 13.5. The summed E-state index contributed by atoms with van der Waals surface area (Å²) in [4.78, 5) is 0. The third-order valence-corrected chi connectivity index (χ3v) is 2.16. The van der Waals surface area contributed by atoms with Gasteiger partial charge in [-0.25, -0.2) is 0 Å². The van der Waals surface area contributed by atoms with Crippen LogP contribution in [-0.4, -0.2) is 9.78 Å². The predicted molar refractivity (Wildman–Crippen MR) is 55.9 cm³/mol. The maximum atomic E-state index is 13.5. The van der Waals surface area contributed by atoms with E-state index in [1.54, 1.807) is 10.9 Å². The Morgan fingerprint density at radius 2 is 1.64 bits per heavy atom. The van der Waals surface area contributed by atoms with Gasteiger partial charge in [-0.1, -0.05) is 20.8 Å². The van der Waals surface area contributed by atoms with Gasteiger partial charge in [0.2, 0.25) is 5.95 Å². The number of rotatable bonds is 0. The molecule has 0 aliphatic heterocycles. The second-order valence-corrected chi connectivity index (χ2v) is 5.70. The Kier molecular flexibility index (Phi) is 2.46. The summed E-state index contributed by atoms with van der Waals surface area (Å²) < 4.78 is 15.2. The van der Waals surface area contributed by atoms with Gasteiger partial charge in [0.25, 0.3) is 0 Å². The van der Waals surface area contributed by atoms with Crippen molar-refractivity contribution < 1.29 is 4.39 Å². The number of nitrogens with zero attached hydrogens (tertiary/aromatic N) is 2. The van der Waals surface area contributed by atoms with Crippen molar-refractivity contribution in [1.29, 1.82) is 0 Å². The lowest BCUT2D eigenvalue weighted by Gasteiger charge is -2.19. The largest absolute Gasteiger partial charge is 0.264 e. The van der Waals surface area contributed by atoms with Crippen molar-refractivity contribution in [3.8, 4) is 0 Å². The Morgan fingerprint density at radius 3 is 1.86 bits per heavy atom. The molecule has 0 saturated carbocycles. The minimum Gasteiger partial charge on any atom is -0.264 e. The molecule has 1 rings (SSSR count). The van der Waals surface area contributed by atoms with Gasteiger partial charge in [-0.15, -0.1) is 5.10 Å². The summed E-state index contributed by atoms with van der Waals surface area (Å²) in [6, 6.07) is 0. The first-order chi connectivity index (χ1) is 6.12. The van der Waals surface area contributed by atoms with Crippen LogP contribution in [0, 0.1) is 5.95 Å². The molecule has 0 spiro atoms. The molecule has 0 atom stereocenters. The minimum absolute atomic E-state index is 0.162. The van der Waals surface area contributed by atoms with E-state index in [4.69, 9.17) is 0 Å². The van der Waals surface area contributed by atoms with Gasteiger partial charge in [0.15, 0.2) is 0 Å². The van der Waals surface area contributed by atoms with Gasteiger partial charge in [0, 0.05) is 11.8 Å². The van der Waals surface area contributed by atoms with E-state index in [1.165, 1.54) is 0 Å². The predicted octanol–water partition coefficient (Wildman–Crippen LogP) is 3.07. The van der Waals surface area contributed by atoms with Crippen molar-refractivity contribution in [3.63, 3.8) is 0 Å². The molecule has 0 bridgehead atoms. The van der Waals surface area contributed by atoms with E-state index < -0.39 is 0 Å². The van der Waals surface area contributed by atoms with Crippen LogP contribution < -0.4 is 0 Å². The first-order valence-electron chi connectivity index (χ1n) is 4.88. The van der Waals surface area contributed by atoms with Gasteiger partial charge >= 0.3 is 0 Å². The van der Waals surface area contributed by atoms with E-state index in [0.29, 0.717) is 5.56 Å². The Labute approximate surface area is 85.1 Å². The summed E-state index contributed by atoms with van der Waals surface area (Å²) >= 11 is 0. The van der Waals surface area contributed by atoms with Crippen molar-refractivity contribution >= 4 is 0 Å². The molecule has 1 aromatic heterocycles. The highest BCUT2D eigenvalue weighted by atomic mass is 19.1. The maximum Gasteiger partial charge on any atom is 0.236 e. The summed E-state index contributed by atoms with van der Waals surface area (Å²) in [6.45, 7) is 12.0. The van der Waals surface area contributed by atoms with Gasteiger partial charge < -0.3 is 0 Å². The van der Waals surface area contributed by atoms with E-state index in [0.717, 1.165) is 0 Å². The van der Waals surface area contributed by atoms with Crippen LogP contribution in [0.5, 0.6) is 0 Å². The average Bonchev–Trinajstić information content (AvgIpc) is 2.27. The van der Waals surface area contributed by atoms with Crippen LogP contribution in [0.1, 0.15) is 47.1 Å². The molecule has 0 aliphatic rings. The van der Waals surface area contributed by atoms with Gasteiger partial charge in [-0.05, 0) is 26.2 Å². The number of halogens is 1. The van der Waals surface area contributed by atoms with Crippen molar-refractivity contribution in [2.24, 2.45) is 0 Å². The molecule has 0 unspecified atom stereocenters. The third-order valence-electron chi connectivity index (χ3n) is 2.16. The molecule has 0 aromatic carbocycles. The molecule has 0 saturated heterocycles. The van der Waals surface area contributed by atoms with Crippen LogP contribution in [0.25, 0.3) is 0 Å². The molecular formula is C11H19FN2. The lowest BCUT2D eigenvalue weighted by molar-refractivity contribution is 0.342. The summed E-state index contributed by atoms with van der Waals surface area (Å²) in [5.74, 6) is -0.354. The van der Waals surface area contributed by atoms with E-state index in [-0.39, 0.29) is 16.9 Å². The number of hydrogen-bond acceptors (Lipinski definition) is 1. The minimum atomic E-state index is -0.354. The van der Waals surface area contributed by atoms with Crippen LogP contribution in [0.4, 0.5) is 4.39 Å². The Morgan fingerprint density at radius 1 is 1.14 bits per heavy atom. The first kappa shape index (κ1) is 11.2. The molecular weight excluding hydrogens is 179 g/mol. The van der Waals surface area contributed by atoms with E-state index in [2.05, 4.69) is 5.10 Å². The smallest absolute Gasteiger partial charge is 0.236 e. The van der Waals surface area contributed by atoms with Crippen LogP contribution in [0.2, 0.25) is 0 Å². The zero-order valence-electron chi connectivity index (χ0n) is 9.85. The Balaban J connectivity index is 3.19. The molecule has 0 N–H and O–H groups in total. The van der Waals surface area contributed by atoms with Crippen molar-refractivity contribution in [3.05, 3.63) is 17.7 Å². The number of aromatic nitrogens is 2. The van der Waals surface area contributed by atoms with Crippen LogP contribution in [0.3, 0.4) is 0 Å². The van der Waals surface area contributed by atoms with Gasteiger partial charge in [0.05, 0.1) is 5.54 Å². The monoisotopic (exact) mass is 198 g/mol. The molecule has 80 valence electrons. The molecule has 1 aromatic rings. The van der Waals surface area contributed by atoms with Crippen LogP contribution in [0.15, 0.2) is 6.20 Å². The van der Waals surface area contributed by atoms with Crippen molar-refractivity contribution in [1.82, 2.24) is 9.78 Å².